The van der Waals surface area contributed by atoms with Crippen molar-refractivity contribution < 1.29 is 24.1 Å². The molecule has 0 aromatic heterocycles. The zero-order valence-electron chi connectivity index (χ0n) is 17.6. The summed E-state index contributed by atoms with van der Waals surface area (Å²) in [7, 11) is 0. The van der Waals surface area contributed by atoms with Crippen molar-refractivity contribution in [2.45, 2.75) is 37.9 Å². The average Bonchev–Trinajstić information content (AvgIpc) is 3.18. The van der Waals surface area contributed by atoms with E-state index in [0.29, 0.717) is 19.4 Å². The van der Waals surface area contributed by atoms with Gasteiger partial charge in [-0.3, -0.25) is 0 Å². The maximum Gasteiger partial charge on any atom is 0.373 e. The van der Waals surface area contributed by atoms with Gasteiger partial charge in [0.2, 0.25) is 12.0 Å². The molecule has 2 atom stereocenters. The van der Waals surface area contributed by atoms with Gasteiger partial charge in [-0.2, -0.15) is 0 Å². The van der Waals surface area contributed by atoms with Crippen LogP contribution in [-0.2, 0) is 25.4 Å². The SMILES string of the molecule is C=CCOC(=O)C1=C[C@H](c2ccc3c(c2)Cc2ccccc2-3)C[C@H](OCCCCO)O1. The standard InChI is InChI=1S/C26H28O5/c1-2-12-30-26(28)24-16-20(17-25(31-24)29-13-6-5-11-27)18-9-10-23-21(14-18)15-19-7-3-4-8-22(19)23/h2-4,7-10,14,16,20,25,27H,1,5-6,11-13,15,17H2/t20-,25+/m0/s1. The summed E-state index contributed by atoms with van der Waals surface area (Å²) < 4.78 is 16.8. The summed E-state index contributed by atoms with van der Waals surface area (Å²) in [5, 5.41) is 8.97. The van der Waals surface area contributed by atoms with Crippen molar-refractivity contribution >= 4 is 5.97 Å². The number of carbonyl (C=O) groups excluding carboxylic acids is 1. The number of aliphatic hydroxyl groups is 1. The zero-order chi connectivity index (χ0) is 21.6. The van der Waals surface area contributed by atoms with Crippen molar-refractivity contribution in [3.05, 3.63) is 83.6 Å². The molecule has 0 radical (unpaired) electrons. The fourth-order valence-electron chi connectivity index (χ4n) is 4.17. The minimum Gasteiger partial charge on any atom is -0.458 e. The lowest BCUT2D eigenvalue weighted by Crippen LogP contribution is -2.28. The van der Waals surface area contributed by atoms with Crippen LogP contribution in [0.15, 0.2) is 67.0 Å². The number of fused-ring (bicyclic) bond motifs is 3. The minimum absolute atomic E-state index is 0.0168. The quantitative estimate of drug-likeness (QED) is 0.314. The summed E-state index contributed by atoms with van der Waals surface area (Å²) in [5.41, 5.74) is 6.35. The third-order valence-electron chi connectivity index (χ3n) is 5.69. The van der Waals surface area contributed by atoms with E-state index >= 15 is 0 Å². The van der Waals surface area contributed by atoms with Gasteiger partial charge in [0.25, 0.3) is 0 Å². The van der Waals surface area contributed by atoms with Crippen LogP contribution in [0, 0.1) is 0 Å². The number of ether oxygens (including phenoxy) is 3. The van der Waals surface area contributed by atoms with Gasteiger partial charge in [0.05, 0.1) is 6.61 Å². The number of carbonyl (C=O) groups is 1. The molecular weight excluding hydrogens is 392 g/mol. The molecule has 1 heterocycles. The van der Waals surface area contributed by atoms with Crippen molar-refractivity contribution in [3.63, 3.8) is 0 Å². The molecule has 0 amide bonds. The van der Waals surface area contributed by atoms with Crippen molar-refractivity contribution in [3.8, 4) is 11.1 Å². The first-order valence-corrected chi connectivity index (χ1v) is 10.8. The number of unbranched alkanes of at least 4 members (excludes halogenated alkanes) is 1. The molecule has 2 aliphatic rings. The zero-order valence-corrected chi connectivity index (χ0v) is 17.6. The second kappa shape index (κ2) is 9.94. The van der Waals surface area contributed by atoms with Gasteiger partial charge in [0.1, 0.15) is 6.61 Å². The maximum absolute atomic E-state index is 12.4. The second-order valence-corrected chi connectivity index (χ2v) is 7.86. The number of allylic oxidation sites excluding steroid dienone is 1. The fraction of sp³-hybridized carbons (Fsp3) is 0.346. The summed E-state index contributed by atoms with van der Waals surface area (Å²) in [4.78, 5) is 12.4. The van der Waals surface area contributed by atoms with Crippen molar-refractivity contribution in [1.29, 1.82) is 0 Å². The number of esters is 1. The highest BCUT2D eigenvalue weighted by Gasteiger charge is 2.30. The van der Waals surface area contributed by atoms with Gasteiger partial charge in [-0.15, -0.1) is 0 Å². The van der Waals surface area contributed by atoms with Crippen LogP contribution in [0.4, 0.5) is 0 Å². The predicted octanol–water partition coefficient (Wildman–Crippen LogP) is 4.49. The van der Waals surface area contributed by atoms with Crippen LogP contribution >= 0.6 is 0 Å². The molecule has 0 spiro atoms. The van der Waals surface area contributed by atoms with Crippen LogP contribution in [0.25, 0.3) is 11.1 Å². The van der Waals surface area contributed by atoms with E-state index in [4.69, 9.17) is 19.3 Å². The number of rotatable bonds is 9. The molecule has 162 valence electrons. The largest absolute Gasteiger partial charge is 0.458 e. The number of aliphatic hydroxyl groups excluding tert-OH is 1. The molecule has 1 aliphatic heterocycles. The molecule has 0 bridgehead atoms. The molecule has 5 heteroatoms. The number of benzene rings is 2. The van der Waals surface area contributed by atoms with Crippen molar-refractivity contribution in [2.24, 2.45) is 0 Å². The Morgan fingerprint density at radius 3 is 2.84 bits per heavy atom. The van der Waals surface area contributed by atoms with Gasteiger partial charge in [-0.05, 0) is 53.2 Å². The van der Waals surface area contributed by atoms with Crippen LogP contribution in [0.5, 0.6) is 0 Å². The molecular formula is C26H28O5. The van der Waals surface area contributed by atoms with E-state index in [9.17, 15) is 4.79 Å². The summed E-state index contributed by atoms with van der Waals surface area (Å²) in [5.74, 6) is -0.354. The lowest BCUT2D eigenvalue weighted by Gasteiger charge is -2.29. The Bertz CT molecular complexity index is 978. The van der Waals surface area contributed by atoms with Gasteiger partial charge in [-0.25, -0.2) is 4.79 Å². The number of hydrogen-bond donors (Lipinski definition) is 1. The van der Waals surface area contributed by atoms with Crippen LogP contribution in [0.3, 0.4) is 0 Å². The second-order valence-electron chi connectivity index (χ2n) is 7.86. The third kappa shape index (κ3) is 4.89. The van der Waals surface area contributed by atoms with E-state index in [0.717, 1.165) is 18.4 Å². The molecule has 5 nitrogen and oxygen atoms in total. The fourth-order valence-corrected chi connectivity index (χ4v) is 4.17. The first-order valence-electron chi connectivity index (χ1n) is 10.8. The molecule has 1 N–H and O–H groups in total. The van der Waals surface area contributed by atoms with E-state index in [1.807, 2.05) is 6.08 Å². The van der Waals surface area contributed by atoms with E-state index in [2.05, 4.69) is 49.0 Å². The van der Waals surface area contributed by atoms with E-state index in [1.54, 1.807) is 0 Å². The van der Waals surface area contributed by atoms with Crippen LogP contribution < -0.4 is 0 Å². The summed E-state index contributed by atoms with van der Waals surface area (Å²) in [6.07, 6.45) is 5.77. The van der Waals surface area contributed by atoms with Gasteiger partial charge < -0.3 is 19.3 Å². The Labute approximate surface area is 183 Å². The van der Waals surface area contributed by atoms with Gasteiger partial charge in [0, 0.05) is 18.9 Å². The summed E-state index contributed by atoms with van der Waals surface area (Å²) >= 11 is 0. The highest BCUT2D eigenvalue weighted by Crippen LogP contribution is 2.39. The molecule has 0 unspecified atom stereocenters. The van der Waals surface area contributed by atoms with E-state index in [-0.39, 0.29) is 24.9 Å². The Kier molecular flexibility index (Phi) is 6.85. The minimum atomic E-state index is -0.537. The topological polar surface area (TPSA) is 65.0 Å². The highest BCUT2D eigenvalue weighted by molar-refractivity contribution is 5.86. The first-order chi connectivity index (χ1) is 15.2. The van der Waals surface area contributed by atoms with Gasteiger partial charge in [-0.1, -0.05) is 55.1 Å². The summed E-state index contributed by atoms with van der Waals surface area (Å²) in [6.45, 7) is 4.31. The maximum atomic E-state index is 12.4. The molecule has 2 aromatic carbocycles. The monoisotopic (exact) mass is 420 g/mol. The van der Waals surface area contributed by atoms with E-state index in [1.165, 1.54) is 28.3 Å². The molecule has 0 fully saturated rings. The van der Waals surface area contributed by atoms with Gasteiger partial charge >= 0.3 is 5.97 Å². The number of hydrogen-bond acceptors (Lipinski definition) is 5. The molecule has 31 heavy (non-hydrogen) atoms. The third-order valence-corrected chi connectivity index (χ3v) is 5.69. The highest BCUT2D eigenvalue weighted by atomic mass is 16.7. The Hall–Kier alpha value is -2.89. The predicted molar refractivity (Wildman–Crippen MR) is 118 cm³/mol. The molecule has 0 saturated carbocycles. The lowest BCUT2D eigenvalue weighted by atomic mass is 9.90. The van der Waals surface area contributed by atoms with E-state index < -0.39 is 12.3 Å². The molecule has 1 aliphatic carbocycles. The Morgan fingerprint density at radius 1 is 1.16 bits per heavy atom. The van der Waals surface area contributed by atoms with Gasteiger partial charge in [0.15, 0.2) is 0 Å². The molecule has 2 aromatic rings. The Morgan fingerprint density at radius 2 is 2.00 bits per heavy atom. The van der Waals surface area contributed by atoms with Crippen LogP contribution in [-0.4, -0.2) is 37.2 Å². The normalized spacial score (nSPS) is 19.1. The lowest BCUT2D eigenvalue weighted by molar-refractivity contribution is -0.160. The average molecular weight is 421 g/mol. The molecule has 4 rings (SSSR count). The van der Waals surface area contributed by atoms with Crippen LogP contribution in [0.2, 0.25) is 0 Å². The van der Waals surface area contributed by atoms with Crippen molar-refractivity contribution in [2.75, 3.05) is 19.8 Å². The summed E-state index contributed by atoms with van der Waals surface area (Å²) in [6, 6.07) is 15.0. The Balaban J connectivity index is 1.55. The van der Waals surface area contributed by atoms with Crippen LogP contribution in [0.1, 0.15) is 41.9 Å². The smallest absolute Gasteiger partial charge is 0.373 e. The molecule has 0 saturated heterocycles. The first kappa shape index (κ1) is 21.3. The van der Waals surface area contributed by atoms with Crippen molar-refractivity contribution in [1.82, 2.24) is 0 Å².